The number of hydrogen-bond acceptors (Lipinski definition) is 4. The molecule has 1 aliphatic rings. The molecule has 16 heavy (non-hydrogen) atoms. The summed E-state index contributed by atoms with van der Waals surface area (Å²) in [5.74, 6) is 0.219. The lowest BCUT2D eigenvalue weighted by atomic mass is 10.1. The highest BCUT2D eigenvalue weighted by molar-refractivity contribution is 7.14. The van der Waals surface area contributed by atoms with E-state index >= 15 is 0 Å². The van der Waals surface area contributed by atoms with Crippen molar-refractivity contribution in [2.45, 2.75) is 25.8 Å². The average Bonchev–Trinajstić information content (AvgIpc) is 2.74. The maximum absolute atomic E-state index is 11.8. The molecule has 0 radical (unpaired) electrons. The Morgan fingerprint density at radius 1 is 1.50 bits per heavy atom. The SMILES string of the molecule is Cc1ccc(C(=O)CNC2CCNCC2)s1. The Kier molecular flexibility index (Phi) is 4.09. The van der Waals surface area contributed by atoms with E-state index in [1.54, 1.807) is 11.3 Å². The van der Waals surface area contributed by atoms with Gasteiger partial charge in [-0.15, -0.1) is 11.3 Å². The van der Waals surface area contributed by atoms with Crippen molar-refractivity contribution >= 4 is 17.1 Å². The molecule has 88 valence electrons. The molecular formula is C12H18N2OS. The van der Waals surface area contributed by atoms with Crippen molar-refractivity contribution in [3.63, 3.8) is 0 Å². The molecule has 1 aliphatic heterocycles. The fraction of sp³-hybridized carbons (Fsp3) is 0.583. The van der Waals surface area contributed by atoms with Gasteiger partial charge in [-0.25, -0.2) is 0 Å². The van der Waals surface area contributed by atoms with Gasteiger partial charge in [-0.3, -0.25) is 4.79 Å². The van der Waals surface area contributed by atoms with E-state index in [4.69, 9.17) is 0 Å². The summed E-state index contributed by atoms with van der Waals surface area (Å²) in [4.78, 5) is 13.9. The van der Waals surface area contributed by atoms with Gasteiger partial charge < -0.3 is 10.6 Å². The van der Waals surface area contributed by atoms with Crippen LogP contribution in [0.5, 0.6) is 0 Å². The number of rotatable bonds is 4. The van der Waals surface area contributed by atoms with Crippen LogP contribution in [0, 0.1) is 6.92 Å². The molecule has 0 aromatic carbocycles. The standard InChI is InChI=1S/C12H18N2OS/c1-9-2-3-12(16-9)11(15)8-14-10-4-6-13-7-5-10/h2-3,10,13-14H,4-8H2,1H3. The fourth-order valence-corrected chi connectivity index (χ4v) is 2.74. The van der Waals surface area contributed by atoms with Crippen LogP contribution in [0.25, 0.3) is 0 Å². The summed E-state index contributed by atoms with van der Waals surface area (Å²) in [5.41, 5.74) is 0. The van der Waals surface area contributed by atoms with Gasteiger partial charge in [0.05, 0.1) is 11.4 Å². The Morgan fingerprint density at radius 2 is 2.25 bits per heavy atom. The molecule has 0 spiro atoms. The van der Waals surface area contributed by atoms with E-state index in [0.29, 0.717) is 12.6 Å². The second-order valence-electron chi connectivity index (χ2n) is 4.24. The minimum Gasteiger partial charge on any atom is -0.317 e. The first-order chi connectivity index (χ1) is 7.75. The van der Waals surface area contributed by atoms with Crippen molar-refractivity contribution in [1.29, 1.82) is 0 Å². The third kappa shape index (κ3) is 3.14. The number of nitrogens with one attached hydrogen (secondary N) is 2. The second-order valence-corrected chi connectivity index (χ2v) is 5.53. The molecule has 0 bridgehead atoms. The molecule has 0 atom stereocenters. The summed E-state index contributed by atoms with van der Waals surface area (Å²) in [6.07, 6.45) is 2.24. The van der Waals surface area contributed by atoms with Gasteiger partial charge in [0, 0.05) is 10.9 Å². The average molecular weight is 238 g/mol. The van der Waals surface area contributed by atoms with Crippen LogP contribution in [0.3, 0.4) is 0 Å². The van der Waals surface area contributed by atoms with E-state index in [2.05, 4.69) is 10.6 Å². The zero-order valence-corrected chi connectivity index (χ0v) is 10.4. The molecule has 0 aliphatic carbocycles. The fourth-order valence-electron chi connectivity index (χ4n) is 1.93. The monoisotopic (exact) mass is 238 g/mol. The van der Waals surface area contributed by atoms with Crippen LogP contribution in [-0.2, 0) is 0 Å². The predicted octanol–water partition coefficient (Wildman–Crippen LogP) is 1.58. The van der Waals surface area contributed by atoms with Crippen LogP contribution in [-0.4, -0.2) is 31.5 Å². The normalized spacial score (nSPS) is 17.6. The highest BCUT2D eigenvalue weighted by Crippen LogP contribution is 2.15. The van der Waals surface area contributed by atoms with Crippen LogP contribution >= 0.6 is 11.3 Å². The van der Waals surface area contributed by atoms with Crippen LogP contribution in [0.4, 0.5) is 0 Å². The summed E-state index contributed by atoms with van der Waals surface area (Å²) in [5, 5.41) is 6.66. The molecule has 4 heteroatoms. The van der Waals surface area contributed by atoms with Gasteiger partial charge in [0.25, 0.3) is 0 Å². The quantitative estimate of drug-likeness (QED) is 0.783. The maximum atomic E-state index is 11.8. The minimum absolute atomic E-state index is 0.219. The van der Waals surface area contributed by atoms with Crippen molar-refractivity contribution in [1.82, 2.24) is 10.6 Å². The molecule has 0 amide bonds. The highest BCUT2D eigenvalue weighted by atomic mass is 32.1. The smallest absolute Gasteiger partial charge is 0.186 e. The van der Waals surface area contributed by atoms with Gasteiger partial charge in [0.1, 0.15) is 0 Å². The first kappa shape index (κ1) is 11.8. The Hall–Kier alpha value is -0.710. The van der Waals surface area contributed by atoms with Gasteiger partial charge in [-0.1, -0.05) is 0 Å². The summed E-state index contributed by atoms with van der Waals surface area (Å²) < 4.78 is 0. The predicted molar refractivity (Wildman–Crippen MR) is 67.3 cm³/mol. The lowest BCUT2D eigenvalue weighted by molar-refractivity contribution is 0.0989. The lowest BCUT2D eigenvalue weighted by Crippen LogP contribution is -2.41. The lowest BCUT2D eigenvalue weighted by Gasteiger charge is -2.23. The minimum atomic E-state index is 0.219. The van der Waals surface area contributed by atoms with Crippen molar-refractivity contribution in [2.24, 2.45) is 0 Å². The van der Waals surface area contributed by atoms with E-state index in [-0.39, 0.29) is 5.78 Å². The number of aryl methyl sites for hydroxylation is 1. The Balaban J connectivity index is 1.79. The van der Waals surface area contributed by atoms with E-state index < -0.39 is 0 Å². The number of Topliss-reactive ketones (excluding diaryl/α,β-unsaturated/α-hetero) is 1. The number of carbonyl (C=O) groups is 1. The van der Waals surface area contributed by atoms with Crippen molar-refractivity contribution < 1.29 is 4.79 Å². The molecular weight excluding hydrogens is 220 g/mol. The van der Waals surface area contributed by atoms with Crippen molar-refractivity contribution in [2.75, 3.05) is 19.6 Å². The van der Waals surface area contributed by atoms with Crippen LogP contribution < -0.4 is 10.6 Å². The van der Waals surface area contributed by atoms with Gasteiger partial charge in [-0.05, 0) is 45.0 Å². The number of ketones is 1. The Labute approximate surface area is 100 Å². The van der Waals surface area contributed by atoms with E-state index in [1.807, 2.05) is 19.1 Å². The first-order valence-electron chi connectivity index (χ1n) is 5.79. The van der Waals surface area contributed by atoms with Gasteiger partial charge in [0.15, 0.2) is 5.78 Å². The van der Waals surface area contributed by atoms with Gasteiger partial charge >= 0.3 is 0 Å². The molecule has 1 saturated heterocycles. The van der Waals surface area contributed by atoms with E-state index in [1.165, 1.54) is 4.88 Å². The van der Waals surface area contributed by atoms with Crippen LogP contribution in [0.1, 0.15) is 27.4 Å². The summed E-state index contributed by atoms with van der Waals surface area (Å²) in [6.45, 7) is 4.63. The summed E-state index contributed by atoms with van der Waals surface area (Å²) >= 11 is 1.58. The third-order valence-corrected chi connectivity index (χ3v) is 3.95. The van der Waals surface area contributed by atoms with Crippen LogP contribution in [0.15, 0.2) is 12.1 Å². The zero-order chi connectivity index (χ0) is 11.4. The molecule has 1 fully saturated rings. The number of piperidine rings is 1. The van der Waals surface area contributed by atoms with Gasteiger partial charge in [-0.2, -0.15) is 0 Å². The first-order valence-corrected chi connectivity index (χ1v) is 6.61. The molecule has 2 heterocycles. The molecule has 2 N–H and O–H groups in total. The molecule has 0 saturated carbocycles. The molecule has 1 aromatic heterocycles. The van der Waals surface area contributed by atoms with Gasteiger partial charge in [0.2, 0.25) is 0 Å². The van der Waals surface area contributed by atoms with E-state index in [0.717, 1.165) is 30.8 Å². The maximum Gasteiger partial charge on any atom is 0.186 e. The largest absolute Gasteiger partial charge is 0.317 e. The van der Waals surface area contributed by atoms with Crippen molar-refractivity contribution in [3.05, 3.63) is 21.9 Å². The number of carbonyl (C=O) groups excluding carboxylic acids is 1. The van der Waals surface area contributed by atoms with Crippen molar-refractivity contribution in [3.8, 4) is 0 Å². The third-order valence-electron chi connectivity index (χ3n) is 2.91. The Bertz CT molecular complexity index is 356. The molecule has 2 rings (SSSR count). The molecule has 0 unspecified atom stereocenters. The summed E-state index contributed by atoms with van der Waals surface area (Å²) in [6, 6.07) is 4.43. The van der Waals surface area contributed by atoms with Crippen LogP contribution in [0.2, 0.25) is 0 Å². The van der Waals surface area contributed by atoms with E-state index in [9.17, 15) is 4.79 Å². The highest BCUT2D eigenvalue weighted by Gasteiger charge is 2.14. The zero-order valence-electron chi connectivity index (χ0n) is 9.58. The number of thiophene rings is 1. The molecule has 1 aromatic rings. The number of hydrogen-bond donors (Lipinski definition) is 2. The molecule has 3 nitrogen and oxygen atoms in total. The summed E-state index contributed by atoms with van der Waals surface area (Å²) in [7, 11) is 0. The Morgan fingerprint density at radius 3 is 2.88 bits per heavy atom. The topological polar surface area (TPSA) is 41.1 Å². The second kappa shape index (κ2) is 5.57.